The molecular formula is C9H16ClN2NaO3. The number of hydrogen-bond donors (Lipinski definition) is 1. The Morgan fingerprint density at radius 3 is 2.12 bits per heavy atom. The number of rotatable bonds is 5. The summed E-state index contributed by atoms with van der Waals surface area (Å²) in [4.78, 5) is 20.9. The first-order valence-corrected chi connectivity index (χ1v) is 4.28. The van der Waals surface area contributed by atoms with Crippen LogP contribution < -0.4 is 52.4 Å². The zero-order valence-electron chi connectivity index (χ0n) is 10.1. The molecule has 88 valence electrons. The third-order valence-corrected chi connectivity index (χ3v) is 1.45. The van der Waals surface area contributed by atoms with Gasteiger partial charge in [-0.25, -0.2) is 0 Å². The van der Waals surface area contributed by atoms with Gasteiger partial charge in [0.15, 0.2) is 0 Å². The van der Waals surface area contributed by atoms with Crippen molar-refractivity contribution >= 4 is 11.9 Å². The molecule has 0 aliphatic heterocycles. The molecule has 0 aromatic heterocycles. The minimum atomic E-state index is -1.37. The summed E-state index contributed by atoms with van der Waals surface area (Å²) in [6.07, 6.45) is 1.66. The van der Waals surface area contributed by atoms with Gasteiger partial charge in [-0.2, -0.15) is 0 Å². The summed E-state index contributed by atoms with van der Waals surface area (Å²) in [6, 6.07) is 0. The molecule has 5 nitrogen and oxygen atoms in total. The number of nitrogens with one attached hydrogen (secondary N) is 1. The number of quaternary nitrogens is 1. The van der Waals surface area contributed by atoms with Crippen LogP contribution >= 0.6 is 0 Å². The molecule has 0 spiro atoms. The number of nitrogens with zero attached hydrogens (tertiary/aromatic N) is 1. The van der Waals surface area contributed by atoms with E-state index in [9.17, 15) is 14.7 Å². The first kappa shape index (κ1) is 21.2. The van der Waals surface area contributed by atoms with Gasteiger partial charge in [0.2, 0.25) is 5.91 Å². The molecule has 16 heavy (non-hydrogen) atoms. The minimum Gasteiger partial charge on any atom is -1.00 e. The Morgan fingerprint density at radius 2 is 1.75 bits per heavy atom. The third kappa shape index (κ3) is 16.4. The van der Waals surface area contributed by atoms with E-state index in [1.165, 1.54) is 0 Å². The van der Waals surface area contributed by atoms with Gasteiger partial charge in [0.05, 0.1) is 40.2 Å². The summed E-state index contributed by atoms with van der Waals surface area (Å²) >= 11 is 0. The Morgan fingerprint density at radius 1 is 1.25 bits per heavy atom. The number of carbonyl (C=O) groups excluding carboxylic acids is 2. The summed E-state index contributed by atoms with van der Waals surface area (Å²) in [5.74, 6) is -1.78. The molecular weight excluding hydrogens is 243 g/mol. The van der Waals surface area contributed by atoms with E-state index < -0.39 is 11.9 Å². The van der Waals surface area contributed by atoms with Gasteiger partial charge in [-0.05, 0) is 6.08 Å². The molecule has 0 saturated carbocycles. The standard InChI is InChI=1S/C9H16N2O3.ClH.Na/c1-11(2,3)7-6-10-8(12)4-5-9(13)14;;/h4-5H,6-7H2,1-3H3,(H-,10,12,13,14);1H;/q;;+1/p-1/b5-4-;;. The summed E-state index contributed by atoms with van der Waals surface area (Å²) in [5.41, 5.74) is 0. The average molecular weight is 259 g/mol. The third-order valence-electron chi connectivity index (χ3n) is 1.45. The van der Waals surface area contributed by atoms with Crippen LogP contribution in [0.4, 0.5) is 0 Å². The predicted octanol–water partition coefficient (Wildman–Crippen LogP) is -7.88. The van der Waals surface area contributed by atoms with Crippen molar-refractivity contribution in [3.8, 4) is 0 Å². The van der Waals surface area contributed by atoms with Crippen molar-refractivity contribution < 1.29 is 61.1 Å². The van der Waals surface area contributed by atoms with Crippen LogP contribution in [0.15, 0.2) is 12.2 Å². The smallest absolute Gasteiger partial charge is 1.00 e. The van der Waals surface area contributed by atoms with Gasteiger partial charge >= 0.3 is 29.6 Å². The van der Waals surface area contributed by atoms with Gasteiger partial charge in [0, 0.05) is 6.08 Å². The van der Waals surface area contributed by atoms with E-state index in [4.69, 9.17) is 0 Å². The molecule has 0 radical (unpaired) electrons. The van der Waals surface area contributed by atoms with Crippen LogP contribution in [0, 0.1) is 0 Å². The SMILES string of the molecule is C[N+](C)(C)CCNC(=O)/C=C\C(=O)[O-].[Cl-].[Na+]. The number of halogens is 1. The van der Waals surface area contributed by atoms with E-state index in [1.807, 2.05) is 21.1 Å². The summed E-state index contributed by atoms with van der Waals surface area (Å²) in [5, 5.41) is 12.5. The Kier molecular flexibility index (Phi) is 13.4. The van der Waals surface area contributed by atoms with Crippen LogP contribution in [0.2, 0.25) is 0 Å². The summed E-state index contributed by atoms with van der Waals surface area (Å²) in [7, 11) is 6.01. The van der Waals surface area contributed by atoms with Crippen molar-refractivity contribution in [3.05, 3.63) is 12.2 Å². The number of likely N-dealkylation sites (N-methyl/N-ethyl adjacent to an activating group) is 1. The predicted molar refractivity (Wildman–Crippen MR) is 50.1 cm³/mol. The molecule has 1 amide bonds. The van der Waals surface area contributed by atoms with Crippen molar-refractivity contribution in [2.45, 2.75) is 0 Å². The maximum absolute atomic E-state index is 10.9. The molecule has 0 aliphatic rings. The largest absolute Gasteiger partial charge is 1.00 e. The van der Waals surface area contributed by atoms with E-state index in [-0.39, 0.29) is 42.0 Å². The van der Waals surface area contributed by atoms with Crippen molar-refractivity contribution in [1.82, 2.24) is 5.32 Å². The van der Waals surface area contributed by atoms with E-state index in [0.717, 1.165) is 17.1 Å². The van der Waals surface area contributed by atoms with Crippen LogP contribution in [0.3, 0.4) is 0 Å². The molecule has 0 rings (SSSR count). The first-order valence-electron chi connectivity index (χ1n) is 4.28. The molecule has 0 aromatic rings. The van der Waals surface area contributed by atoms with Crippen LogP contribution in [-0.2, 0) is 9.59 Å². The summed E-state index contributed by atoms with van der Waals surface area (Å²) in [6.45, 7) is 1.30. The molecule has 0 aliphatic carbocycles. The number of carbonyl (C=O) groups is 2. The van der Waals surface area contributed by atoms with Gasteiger partial charge < -0.3 is 32.1 Å². The maximum Gasteiger partial charge on any atom is 1.00 e. The van der Waals surface area contributed by atoms with Gasteiger partial charge in [-0.1, -0.05) is 0 Å². The number of carboxylic acid groups (broad SMARTS) is 1. The quantitative estimate of drug-likeness (QED) is 0.303. The molecule has 7 heteroatoms. The monoisotopic (exact) mass is 258 g/mol. The van der Waals surface area contributed by atoms with Gasteiger partial charge in [0.1, 0.15) is 0 Å². The summed E-state index contributed by atoms with van der Waals surface area (Å²) < 4.78 is 0.741. The molecule has 0 atom stereocenters. The molecule has 0 bridgehead atoms. The van der Waals surface area contributed by atoms with Crippen molar-refractivity contribution in [2.24, 2.45) is 0 Å². The number of hydrogen-bond acceptors (Lipinski definition) is 3. The fourth-order valence-electron chi connectivity index (χ4n) is 0.717. The van der Waals surface area contributed by atoms with Crippen LogP contribution in [-0.4, -0.2) is 50.6 Å². The minimum absolute atomic E-state index is 0. The number of carboxylic acids is 1. The fourth-order valence-corrected chi connectivity index (χ4v) is 0.717. The molecule has 0 saturated heterocycles. The normalized spacial score (nSPS) is 10.2. The Labute approximate surface area is 124 Å². The first-order chi connectivity index (χ1) is 6.31. The van der Waals surface area contributed by atoms with E-state index in [1.54, 1.807) is 0 Å². The average Bonchev–Trinajstić information content (AvgIpc) is 1.98. The van der Waals surface area contributed by atoms with Crippen LogP contribution in [0.25, 0.3) is 0 Å². The fraction of sp³-hybridized carbons (Fsp3) is 0.556. The molecule has 0 fully saturated rings. The Hall–Kier alpha value is -0.0700. The molecule has 0 aromatic carbocycles. The second kappa shape index (κ2) is 10.1. The number of aliphatic carboxylic acids is 1. The van der Waals surface area contributed by atoms with Crippen molar-refractivity contribution in [3.63, 3.8) is 0 Å². The molecule has 0 unspecified atom stereocenters. The van der Waals surface area contributed by atoms with Crippen LogP contribution in [0.5, 0.6) is 0 Å². The van der Waals surface area contributed by atoms with E-state index in [0.29, 0.717) is 12.6 Å². The topological polar surface area (TPSA) is 69.2 Å². The van der Waals surface area contributed by atoms with Crippen molar-refractivity contribution in [1.29, 1.82) is 0 Å². The van der Waals surface area contributed by atoms with E-state index in [2.05, 4.69) is 5.32 Å². The van der Waals surface area contributed by atoms with Crippen molar-refractivity contribution in [2.75, 3.05) is 34.2 Å². The van der Waals surface area contributed by atoms with Gasteiger partial charge in [-0.15, -0.1) is 0 Å². The maximum atomic E-state index is 10.9. The zero-order valence-corrected chi connectivity index (χ0v) is 12.9. The second-order valence-electron chi connectivity index (χ2n) is 3.96. The zero-order chi connectivity index (χ0) is 11.2. The Bertz CT molecular complexity index is 252. The Balaban J connectivity index is -0.000000845. The number of amides is 1. The van der Waals surface area contributed by atoms with Gasteiger partial charge in [0.25, 0.3) is 0 Å². The van der Waals surface area contributed by atoms with E-state index >= 15 is 0 Å². The molecule has 1 N–H and O–H groups in total. The molecule has 0 heterocycles. The van der Waals surface area contributed by atoms with Crippen LogP contribution in [0.1, 0.15) is 0 Å². The second-order valence-corrected chi connectivity index (χ2v) is 3.96. The van der Waals surface area contributed by atoms with Gasteiger partial charge in [-0.3, -0.25) is 4.79 Å².